The van der Waals surface area contributed by atoms with Gasteiger partial charge in [-0.2, -0.15) is 0 Å². The van der Waals surface area contributed by atoms with Crippen molar-refractivity contribution in [2.45, 2.75) is 6.35 Å². The Morgan fingerprint density at radius 1 is 1.19 bits per heavy atom. The van der Waals surface area contributed by atoms with Crippen LogP contribution in [0.4, 0.5) is 0 Å². The first-order valence-corrected chi connectivity index (χ1v) is 4.80. The zero-order valence-electron chi connectivity index (χ0n) is 8.19. The van der Waals surface area contributed by atoms with Gasteiger partial charge >= 0.3 is 35.5 Å². The molecule has 0 aromatic heterocycles. The summed E-state index contributed by atoms with van der Waals surface area (Å²) in [6.07, 6.45) is -0.418. The van der Waals surface area contributed by atoms with Crippen molar-refractivity contribution in [3.8, 4) is 0 Å². The molecular formula is C10H14N3NaO2. The molecule has 0 radical (unpaired) electrons. The van der Waals surface area contributed by atoms with Crippen LogP contribution in [0.5, 0.6) is 0 Å². The van der Waals surface area contributed by atoms with E-state index in [0.717, 1.165) is 0 Å². The van der Waals surface area contributed by atoms with E-state index in [-0.39, 0.29) is 35.5 Å². The standard InChI is InChI=1S/C10H13N3O2.Na.H/c14-9(8-4-2-1-3-5-8)15-10-12-6-11-7-13-10;;/h1-5,10-13H,6-7H2;;. The van der Waals surface area contributed by atoms with E-state index >= 15 is 0 Å². The summed E-state index contributed by atoms with van der Waals surface area (Å²) >= 11 is 0. The Bertz CT molecular complexity index is 328. The van der Waals surface area contributed by atoms with Gasteiger partial charge in [-0.15, -0.1) is 0 Å². The second-order valence-corrected chi connectivity index (χ2v) is 3.16. The number of nitrogens with one attached hydrogen (secondary N) is 3. The molecule has 1 aliphatic heterocycles. The van der Waals surface area contributed by atoms with E-state index in [2.05, 4.69) is 16.0 Å². The minimum absolute atomic E-state index is 0. The van der Waals surface area contributed by atoms with Crippen LogP contribution in [0.25, 0.3) is 0 Å². The number of benzene rings is 1. The van der Waals surface area contributed by atoms with Crippen LogP contribution in [0.15, 0.2) is 30.3 Å². The van der Waals surface area contributed by atoms with Crippen LogP contribution >= 0.6 is 0 Å². The van der Waals surface area contributed by atoms with Gasteiger partial charge in [0.15, 0.2) is 0 Å². The van der Waals surface area contributed by atoms with Gasteiger partial charge in [0.05, 0.1) is 18.9 Å². The molecule has 82 valence electrons. The predicted molar refractivity (Wildman–Crippen MR) is 61.9 cm³/mol. The summed E-state index contributed by atoms with van der Waals surface area (Å²) in [5, 5.41) is 8.92. The van der Waals surface area contributed by atoms with Crippen molar-refractivity contribution < 1.29 is 9.53 Å². The maximum absolute atomic E-state index is 11.6. The van der Waals surface area contributed by atoms with Gasteiger partial charge in [0, 0.05) is 0 Å². The van der Waals surface area contributed by atoms with Gasteiger partial charge in [0.25, 0.3) is 0 Å². The second kappa shape index (κ2) is 7.01. The zero-order valence-corrected chi connectivity index (χ0v) is 8.19. The topological polar surface area (TPSA) is 62.4 Å². The van der Waals surface area contributed by atoms with Crippen molar-refractivity contribution in [1.29, 1.82) is 0 Å². The zero-order chi connectivity index (χ0) is 10.5. The van der Waals surface area contributed by atoms with Gasteiger partial charge in [0.2, 0.25) is 6.35 Å². The Morgan fingerprint density at radius 3 is 2.44 bits per heavy atom. The third-order valence-corrected chi connectivity index (χ3v) is 2.06. The van der Waals surface area contributed by atoms with Gasteiger partial charge in [-0.3, -0.25) is 16.0 Å². The van der Waals surface area contributed by atoms with Crippen molar-refractivity contribution in [2.24, 2.45) is 0 Å². The van der Waals surface area contributed by atoms with Crippen molar-refractivity contribution in [3.05, 3.63) is 35.9 Å². The van der Waals surface area contributed by atoms with Crippen LogP contribution in [0, 0.1) is 0 Å². The van der Waals surface area contributed by atoms with Crippen molar-refractivity contribution in [1.82, 2.24) is 16.0 Å². The molecule has 0 aliphatic carbocycles. The number of carbonyl (C=O) groups excluding carboxylic acids is 1. The molecule has 5 nitrogen and oxygen atoms in total. The van der Waals surface area contributed by atoms with Crippen molar-refractivity contribution in [3.63, 3.8) is 0 Å². The van der Waals surface area contributed by atoms with E-state index in [0.29, 0.717) is 18.9 Å². The third kappa shape index (κ3) is 3.86. The minimum atomic E-state index is -0.418. The first kappa shape index (κ1) is 13.6. The number of ether oxygens (including phenoxy) is 1. The molecule has 2 rings (SSSR count). The van der Waals surface area contributed by atoms with Crippen LogP contribution in [-0.2, 0) is 4.74 Å². The van der Waals surface area contributed by atoms with E-state index < -0.39 is 6.35 Å². The SMILES string of the molecule is O=C(OC1NCNCN1)c1ccccc1.[NaH]. The Morgan fingerprint density at radius 2 is 1.81 bits per heavy atom. The maximum atomic E-state index is 11.6. The van der Waals surface area contributed by atoms with Gasteiger partial charge in [-0.1, -0.05) is 18.2 Å². The fourth-order valence-corrected chi connectivity index (χ4v) is 1.30. The summed E-state index contributed by atoms with van der Waals surface area (Å²) in [5.74, 6) is -0.331. The Kier molecular flexibility index (Phi) is 5.97. The number of rotatable bonds is 2. The van der Waals surface area contributed by atoms with Gasteiger partial charge < -0.3 is 4.74 Å². The number of hydrogen-bond donors (Lipinski definition) is 3. The fourth-order valence-electron chi connectivity index (χ4n) is 1.30. The number of esters is 1. The number of carbonyl (C=O) groups is 1. The summed E-state index contributed by atoms with van der Waals surface area (Å²) in [7, 11) is 0. The molecule has 0 spiro atoms. The average molecular weight is 231 g/mol. The quantitative estimate of drug-likeness (QED) is 0.458. The molecule has 3 N–H and O–H groups in total. The predicted octanol–water partition coefficient (Wildman–Crippen LogP) is -0.824. The molecule has 1 heterocycles. The second-order valence-electron chi connectivity index (χ2n) is 3.16. The third-order valence-electron chi connectivity index (χ3n) is 2.06. The molecule has 1 aromatic rings. The Hall–Kier alpha value is -0.430. The molecule has 6 heteroatoms. The first-order valence-electron chi connectivity index (χ1n) is 4.80. The monoisotopic (exact) mass is 231 g/mol. The van der Waals surface area contributed by atoms with E-state index in [1.807, 2.05) is 6.07 Å². The molecule has 1 fully saturated rings. The molecule has 1 aromatic carbocycles. The van der Waals surface area contributed by atoms with Crippen molar-refractivity contribution in [2.75, 3.05) is 13.3 Å². The molecule has 0 atom stereocenters. The molecule has 1 aliphatic rings. The molecule has 0 amide bonds. The molecule has 16 heavy (non-hydrogen) atoms. The Labute approximate surface area is 116 Å². The van der Waals surface area contributed by atoms with Crippen LogP contribution < -0.4 is 16.0 Å². The molecular weight excluding hydrogens is 217 g/mol. The molecule has 1 saturated heterocycles. The van der Waals surface area contributed by atoms with E-state index in [1.165, 1.54) is 0 Å². The van der Waals surface area contributed by atoms with Crippen LogP contribution in [0.3, 0.4) is 0 Å². The summed E-state index contributed by atoms with van der Waals surface area (Å²) in [5.41, 5.74) is 0.555. The normalized spacial score (nSPS) is 16.2. The molecule has 0 saturated carbocycles. The van der Waals surface area contributed by atoms with Crippen LogP contribution in [-0.4, -0.2) is 55.2 Å². The summed E-state index contributed by atoms with van der Waals surface area (Å²) < 4.78 is 5.18. The first-order chi connectivity index (χ1) is 7.36. The molecule has 0 unspecified atom stereocenters. The Balaban J connectivity index is 0.00000128. The number of hydrogen-bond acceptors (Lipinski definition) is 5. The van der Waals surface area contributed by atoms with Crippen molar-refractivity contribution >= 4 is 35.5 Å². The summed E-state index contributed by atoms with van der Waals surface area (Å²) in [6.45, 7) is 1.25. The van der Waals surface area contributed by atoms with E-state index in [4.69, 9.17) is 4.74 Å². The van der Waals surface area contributed by atoms with Crippen LogP contribution in [0.2, 0.25) is 0 Å². The summed E-state index contributed by atoms with van der Waals surface area (Å²) in [4.78, 5) is 11.6. The van der Waals surface area contributed by atoms with Gasteiger partial charge in [-0.05, 0) is 12.1 Å². The van der Waals surface area contributed by atoms with Crippen LogP contribution in [0.1, 0.15) is 10.4 Å². The van der Waals surface area contributed by atoms with Gasteiger partial charge in [0.1, 0.15) is 0 Å². The van der Waals surface area contributed by atoms with E-state index in [9.17, 15) is 4.79 Å². The molecule has 0 bridgehead atoms. The van der Waals surface area contributed by atoms with Gasteiger partial charge in [-0.25, -0.2) is 4.79 Å². The summed E-state index contributed by atoms with van der Waals surface area (Å²) in [6, 6.07) is 8.92. The van der Waals surface area contributed by atoms with E-state index in [1.54, 1.807) is 24.3 Å². The average Bonchev–Trinajstić information content (AvgIpc) is 2.31. The fraction of sp³-hybridized carbons (Fsp3) is 0.300.